The molecule has 8 heteroatoms. The zero-order valence-corrected chi connectivity index (χ0v) is 15.2. The second kappa shape index (κ2) is 7.72. The van der Waals surface area contributed by atoms with Gasteiger partial charge in [-0.15, -0.1) is 11.3 Å². The lowest BCUT2D eigenvalue weighted by Gasteiger charge is -2.06. The van der Waals surface area contributed by atoms with E-state index in [-0.39, 0.29) is 0 Å². The predicted octanol–water partition coefficient (Wildman–Crippen LogP) is 3.35. The summed E-state index contributed by atoms with van der Waals surface area (Å²) in [5.74, 6) is -0.986. The molecule has 1 aromatic carbocycles. The summed E-state index contributed by atoms with van der Waals surface area (Å²) >= 11 is 7.41. The number of hydrogen-bond donors (Lipinski definition) is 3. The molecule has 0 saturated carbocycles. The van der Waals surface area contributed by atoms with Crippen LogP contribution in [0.2, 0.25) is 5.02 Å². The average molecular weight is 390 g/mol. The first-order valence-corrected chi connectivity index (χ1v) is 9.14. The number of halogens is 1. The summed E-state index contributed by atoms with van der Waals surface area (Å²) in [6.07, 6.45) is 5.48. The van der Waals surface area contributed by atoms with E-state index in [4.69, 9.17) is 17.3 Å². The van der Waals surface area contributed by atoms with Crippen LogP contribution in [0.15, 0.2) is 30.3 Å². The van der Waals surface area contributed by atoms with Crippen LogP contribution in [0, 0.1) is 0 Å². The Kier molecular flexibility index (Phi) is 5.39. The zero-order chi connectivity index (χ0) is 18.7. The largest absolute Gasteiger partial charge is 0.351 e. The van der Waals surface area contributed by atoms with Crippen LogP contribution >= 0.6 is 22.9 Å². The molecular weight excluding hydrogens is 374 g/mol. The molecule has 0 aliphatic heterocycles. The van der Waals surface area contributed by atoms with Crippen molar-refractivity contribution in [3.63, 3.8) is 0 Å². The van der Waals surface area contributed by atoms with Gasteiger partial charge >= 0.3 is 6.03 Å². The van der Waals surface area contributed by atoms with Gasteiger partial charge in [-0.05, 0) is 42.5 Å². The predicted molar refractivity (Wildman–Crippen MR) is 103 cm³/mol. The van der Waals surface area contributed by atoms with Crippen LogP contribution < -0.4 is 16.4 Å². The van der Waals surface area contributed by atoms with Gasteiger partial charge in [0.2, 0.25) is 5.91 Å². The maximum Gasteiger partial charge on any atom is 0.319 e. The molecule has 0 unspecified atom stereocenters. The second-order valence-corrected chi connectivity index (χ2v) is 7.24. The number of nitrogens with two attached hydrogens (primary N) is 1. The van der Waals surface area contributed by atoms with E-state index in [0.717, 1.165) is 29.7 Å². The van der Waals surface area contributed by atoms with Crippen LogP contribution in [0.1, 0.15) is 32.8 Å². The Morgan fingerprint density at radius 2 is 1.96 bits per heavy atom. The molecule has 4 N–H and O–H groups in total. The molecule has 1 aromatic heterocycles. The summed E-state index contributed by atoms with van der Waals surface area (Å²) in [6.45, 7) is 0. The maximum atomic E-state index is 12.3. The van der Waals surface area contributed by atoms with Crippen molar-refractivity contribution in [2.75, 3.05) is 5.32 Å². The van der Waals surface area contributed by atoms with Gasteiger partial charge in [0.1, 0.15) is 5.00 Å². The Hall–Kier alpha value is -2.64. The molecule has 0 spiro atoms. The van der Waals surface area contributed by atoms with Crippen LogP contribution in [-0.2, 0) is 17.6 Å². The number of thiophene rings is 1. The molecular formula is C18H16ClN3O3S. The summed E-state index contributed by atoms with van der Waals surface area (Å²) in [6, 6.07) is 6.21. The van der Waals surface area contributed by atoms with Crippen molar-refractivity contribution < 1.29 is 14.4 Å². The summed E-state index contributed by atoms with van der Waals surface area (Å²) in [5.41, 5.74) is 6.95. The number of carbonyl (C=O) groups is 3. The molecule has 0 bridgehead atoms. The topological polar surface area (TPSA) is 101 Å². The molecule has 6 nitrogen and oxygen atoms in total. The SMILES string of the molecule is NC(=O)NC(=O)c1c(NC(=O)C=Cc2ccccc2Cl)sc2c1CCC2. The molecule has 3 rings (SSSR count). The minimum absolute atomic E-state index is 0.320. The van der Waals surface area contributed by atoms with Gasteiger partial charge in [0.05, 0.1) is 5.56 Å². The zero-order valence-electron chi connectivity index (χ0n) is 13.7. The molecule has 0 radical (unpaired) electrons. The van der Waals surface area contributed by atoms with Gasteiger partial charge in [-0.1, -0.05) is 29.8 Å². The van der Waals surface area contributed by atoms with E-state index in [1.165, 1.54) is 17.4 Å². The molecule has 0 atom stereocenters. The van der Waals surface area contributed by atoms with Crippen molar-refractivity contribution >= 4 is 51.9 Å². The average Bonchev–Trinajstić information content (AvgIpc) is 3.13. The summed E-state index contributed by atoms with van der Waals surface area (Å²) in [5, 5.41) is 5.75. The number of amides is 4. The van der Waals surface area contributed by atoms with E-state index in [1.54, 1.807) is 24.3 Å². The minimum atomic E-state index is -0.927. The van der Waals surface area contributed by atoms with Gasteiger partial charge in [-0.2, -0.15) is 0 Å². The number of carbonyl (C=O) groups excluding carboxylic acids is 3. The van der Waals surface area contributed by atoms with Crippen LogP contribution in [0.5, 0.6) is 0 Å². The maximum absolute atomic E-state index is 12.3. The van der Waals surface area contributed by atoms with E-state index in [1.807, 2.05) is 6.07 Å². The van der Waals surface area contributed by atoms with Crippen LogP contribution in [0.4, 0.5) is 9.80 Å². The number of nitrogens with one attached hydrogen (secondary N) is 2. The van der Waals surface area contributed by atoms with Gasteiger partial charge in [-0.25, -0.2) is 4.79 Å². The first-order valence-electron chi connectivity index (χ1n) is 7.94. The molecule has 134 valence electrons. The number of anilines is 1. The van der Waals surface area contributed by atoms with Crippen molar-refractivity contribution in [1.29, 1.82) is 0 Å². The summed E-state index contributed by atoms with van der Waals surface area (Å²) in [4.78, 5) is 36.6. The third kappa shape index (κ3) is 3.95. The molecule has 1 aliphatic carbocycles. The van der Waals surface area contributed by atoms with E-state index in [0.29, 0.717) is 21.2 Å². The van der Waals surface area contributed by atoms with Crippen LogP contribution in [0.25, 0.3) is 6.08 Å². The number of rotatable bonds is 4. The fourth-order valence-electron chi connectivity index (χ4n) is 2.84. The van der Waals surface area contributed by atoms with Gasteiger partial charge in [0, 0.05) is 16.0 Å². The summed E-state index contributed by atoms with van der Waals surface area (Å²) < 4.78 is 0. The number of imide groups is 1. The highest BCUT2D eigenvalue weighted by Gasteiger charge is 2.27. The quantitative estimate of drug-likeness (QED) is 0.699. The van der Waals surface area contributed by atoms with Crippen LogP contribution in [-0.4, -0.2) is 17.8 Å². The summed E-state index contributed by atoms with van der Waals surface area (Å²) in [7, 11) is 0. The van der Waals surface area contributed by atoms with Crippen molar-refractivity contribution in [2.45, 2.75) is 19.3 Å². The lowest BCUT2D eigenvalue weighted by Crippen LogP contribution is -2.35. The van der Waals surface area contributed by atoms with Crippen molar-refractivity contribution in [1.82, 2.24) is 5.32 Å². The fourth-order valence-corrected chi connectivity index (χ4v) is 4.32. The minimum Gasteiger partial charge on any atom is -0.351 e. The van der Waals surface area contributed by atoms with Crippen LogP contribution in [0.3, 0.4) is 0 Å². The molecule has 2 aromatic rings. The number of primary amides is 1. The molecule has 4 amide bonds. The Balaban J connectivity index is 1.81. The molecule has 0 saturated heterocycles. The fraction of sp³-hybridized carbons (Fsp3) is 0.167. The molecule has 0 fully saturated rings. The second-order valence-electron chi connectivity index (χ2n) is 5.72. The monoisotopic (exact) mass is 389 g/mol. The molecule has 26 heavy (non-hydrogen) atoms. The Bertz CT molecular complexity index is 920. The third-order valence-electron chi connectivity index (χ3n) is 3.94. The first-order chi connectivity index (χ1) is 12.5. The van der Waals surface area contributed by atoms with Gasteiger partial charge in [0.25, 0.3) is 5.91 Å². The lowest BCUT2D eigenvalue weighted by atomic mass is 10.1. The molecule has 1 heterocycles. The third-order valence-corrected chi connectivity index (χ3v) is 5.49. The highest BCUT2D eigenvalue weighted by atomic mass is 35.5. The number of hydrogen-bond acceptors (Lipinski definition) is 4. The van der Waals surface area contributed by atoms with E-state index >= 15 is 0 Å². The highest BCUT2D eigenvalue weighted by molar-refractivity contribution is 7.17. The smallest absolute Gasteiger partial charge is 0.319 e. The highest BCUT2D eigenvalue weighted by Crippen LogP contribution is 2.39. The van der Waals surface area contributed by atoms with Crippen molar-refractivity contribution in [3.05, 3.63) is 56.9 Å². The number of benzene rings is 1. The standard InChI is InChI=1S/C18H16ClN3O3S/c19-12-6-2-1-4-10(12)8-9-14(23)21-17-15(16(24)22-18(20)25)11-5-3-7-13(11)26-17/h1-2,4,6,8-9H,3,5,7H2,(H,21,23)(H3,20,22,24,25). The molecule has 1 aliphatic rings. The van der Waals surface area contributed by atoms with Gasteiger partial charge < -0.3 is 11.1 Å². The van der Waals surface area contributed by atoms with Gasteiger partial charge in [0.15, 0.2) is 0 Å². The van der Waals surface area contributed by atoms with Crippen molar-refractivity contribution in [3.8, 4) is 0 Å². The Labute approximate surface area is 159 Å². The van der Waals surface area contributed by atoms with E-state index < -0.39 is 17.8 Å². The van der Waals surface area contributed by atoms with Gasteiger partial charge in [-0.3, -0.25) is 14.9 Å². The number of fused-ring (bicyclic) bond motifs is 1. The lowest BCUT2D eigenvalue weighted by molar-refractivity contribution is -0.111. The van der Waals surface area contributed by atoms with Crippen molar-refractivity contribution in [2.24, 2.45) is 5.73 Å². The number of aryl methyl sites for hydroxylation is 1. The van der Waals surface area contributed by atoms with E-state index in [9.17, 15) is 14.4 Å². The normalized spacial score (nSPS) is 12.8. The van der Waals surface area contributed by atoms with E-state index in [2.05, 4.69) is 10.6 Å². The number of urea groups is 1. The Morgan fingerprint density at radius 1 is 1.19 bits per heavy atom. The Morgan fingerprint density at radius 3 is 2.69 bits per heavy atom. The first kappa shape index (κ1) is 18.2.